The molecule has 6 aromatic rings. The summed E-state index contributed by atoms with van der Waals surface area (Å²) in [6.07, 6.45) is 0. The fourth-order valence-corrected chi connectivity index (χ4v) is 3.65. The third-order valence-electron chi connectivity index (χ3n) is 5.36. The third kappa shape index (κ3) is 4.33. The zero-order chi connectivity index (χ0) is 23.7. The molecule has 6 rings (SSSR count). The van der Waals surface area contributed by atoms with E-state index in [1.807, 2.05) is 84.9 Å². The Morgan fingerprint density at radius 1 is 0.471 bits per heavy atom. The largest absolute Gasteiger partial charge is 0.399 e. The van der Waals surface area contributed by atoms with Crippen molar-refractivity contribution >= 4 is 44.8 Å². The molecule has 8 nitrogen and oxygen atoms in total. The van der Waals surface area contributed by atoms with E-state index in [0.29, 0.717) is 0 Å². The number of fused-ring (bicyclic) bond motifs is 2. The maximum Gasteiger partial charge on any atom is 0.138 e. The maximum absolute atomic E-state index is 5.75. The summed E-state index contributed by atoms with van der Waals surface area (Å²) in [6.45, 7) is 0. The number of hydrogen-bond donors (Lipinski definition) is 6. The van der Waals surface area contributed by atoms with E-state index >= 15 is 0 Å². The van der Waals surface area contributed by atoms with Crippen molar-refractivity contribution in [2.24, 2.45) is 0 Å². The minimum Gasteiger partial charge on any atom is -0.399 e. The first kappa shape index (κ1) is 20.9. The van der Waals surface area contributed by atoms with Crippen LogP contribution < -0.4 is 22.9 Å². The predicted octanol–water partition coefficient (Wildman–Crippen LogP) is 4.79. The van der Waals surface area contributed by atoms with Gasteiger partial charge in [-0.15, -0.1) is 0 Å². The Labute approximate surface area is 195 Å². The number of anilines is 4. The minimum absolute atomic E-state index is 0.722. The number of aromatic nitrogens is 4. The molecule has 0 amide bonds. The number of nitrogens with zero attached hydrogens (tertiary/aromatic N) is 2. The van der Waals surface area contributed by atoms with Crippen LogP contribution in [0.25, 0.3) is 44.8 Å². The van der Waals surface area contributed by atoms with Crippen LogP contribution in [0.4, 0.5) is 22.7 Å². The van der Waals surface area contributed by atoms with E-state index < -0.39 is 0 Å². The van der Waals surface area contributed by atoms with Crippen molar-refractivity contribution in [1.29, 1.82) is 0 Å². The van der Waals surface area contributed by atoms with Crippen molar-refractivity contribution in [1.82, 2.24) is 19.9 Å². The number of rotatable bonds is 2. The lowest BCUT2D eigenvalue weighted by Gasteiger charge is -1.97. The van der Waals surface area contributed by atoms with Crippen molar-refractivity contribution in [3.8, 4) is 22.8 Å². The van der Waals surface area contributed by atoms with Crippen molar-refractivity contribution in [3.63, 3.8) is 0 Å². The van der Waals surface area contributed by atoms with Gasteiger partial charge < -0.3 is 32.9 Å². The first-order valence-electron chi connectivity index (χ1n) is 10.7. The van der Waals surface area contributed by atoms with Gasteiger partial charge in [-0.25, -0.2) is 9.97 Å². The molecule has 10 N–H and O–H groups in total. The smallest absolute Gasteiger partial charge is 0.138 e. The van der Waals surface area contributed by atoms with Gasteiger partial charge in [0.05, 0.1) is 22.1 Å². The summed E-state index contributed by atoms with van der Waals surface area (Å²) in [6, 6.07) is 26.5. The number of nitrogens with one attached hydrogen (secondary N) is 2. The molecule has 8 heteroatoms. The number of imidazole rings is 2. The van der Waals surface area contributed by atoms with Crippen LogP contribution in [-0.2, 0) is 0 Å². The SMILES string of the molecule is Nc1ccc(-c2nc3ccc(N)cc3[nH]2)cc1.Nc1cccc(-c2nc3ccc(N)cc3[nH]2)c1. The third-order valence-corrected chi connectivity index (χ3v) is 5.36. The first-order chi connectivity index (χ1) is 16.4. The average Bonchev–Trinajstić information content (AvgIpc) is 3.43. The molecule has 0 atom stereocenters. The highest BCUT2D eigenvalue weighted by atomic mass is 14.9. The molecule has 0 radical (unpaired) electrons. The molecule has 0 unspecified atom stereocenters. The second-order valence-electron chi connectivity index (χ2n) is 7.97. The van der Waals surface area contributed by atoms with Gasteiger partial charge in [0.2, 0.25) is 0 Å². The van der Waals surface area contributed by atoms with Gasteiger partial charge in [0.1, 0.15) is 11.6 Å². The van der Waals surface area contributed by atoms with Crippen LogP contribution in [0.1, 0.15) is 0 Å². The molecule has 0 fully saturated rings. The summed E-state index contributed by atoms with van der Waals surface area (Å²) in [7, 11) is 0. The second-order valence-corrected chi connectivity index (χ2v) is 7.97. The van der Waals surface area contributed by atoms with Gasteiger partial charge in [0, 0.05) is 33.9 Å². The Hall–Kier alpha value is -4.98. The zero-order valence-corrected chi connectivity index (χ0v) is 18.3. The van der Waals surface area contributed by atoms with E-state index in [1.165, 1.54) is 0 Å². The van der Waals surface area contributed by atoms with Crippen LogP contribution in [-0.4, -0.2) is 19.9 Å². The van der Waals surface area contributed by atoms with Crippen LogP contribution in [0.5, 0.6) is 0 Å². The molecule has 4 aromatic carbocycles. The number of hydrogen-bond acceptors (Lipinski definition) is 6. The topological polar surface area (TPSA) is 161 Å². The van der Waals surface area contributed by atoms with Gasteiger partial charge in [-0.1, -0.05) is 12.1 Å². The van der Waals surface area contributed by atoms with Crippen LogP contribution in [0, 0.1) is 0 Å². The molecule has 2 aromatic heterocycles. The fourth-order valence-electron chi connectivity index (χ4n) is 3.65. The number of nitrogens with two attached hydrogens (primary N) is 4. The Kier molecular flexibility index (Phi) is 5.23. The molecule has 168 valence electrons. The van der Waals surface area contributed by atoms with Gasteiger partial charge in [-0.2, -0.15) is 0 Å². The fraction of sp³-hybridized carbons (Fsp3) is 0. The van der Waals surface area contributed by atoms with Gasteiger partial charge in [0.15, 0.2) is 0 Å². The second kappa shape index (κ2) is 8.51. The molecular formula is C26H24N8. The lowest BCUT2D eigenvalue weighted by Crippen LogP contribution is -1.86. The maximum atomic E-state index is 5.75. The van der Waals surface area contributed by atoms with Crippen molar-refractivity contribution in [3.05, 3.63) is 84.9 Å². The molecule has 0 saturated heterocycles. The van der Waals surface area contributed by atoms with E-state index in [2.05, 4.69) is 19.9 Å². The van der Waals surface area contributed by atoms with E-state index in [9.17, 15) is 0 Å². The summed E-state index contributed by atoms with van der Waals surface area (Å²) in [5.74, 6) is 1.63. The Morgan fingerprint density at radius 3 is 1.53 bits per heavy atom. The number of aromatic amines is 2. The number of nitrogen functional groups attached to an aromatic ring is 4. The molecule has 0 saturated carbocycles. The highest BCUT2D eigenvalue weighted by Gasteiger charge is 2.06. The summed E-state index contributed by atoms with van der Waals surface area (Å²) in [5.41, 5.74) is 31.4. The van der Waals surface area contributed by atoms with Crippen molar-refractivity contribution in [2.45, 2.75) is 0 Å². The summed E-state index contributed by atoms with van der Waals surface area (Å²) in [5, 5.41) is 0. The lowest BCUT2D eigenvalue weighted by atomic mass is 10.2. The zero-order valence-electron chi connectivity index (χ0n) is 18.3. The molecule has 0 spiro atoms. The molecular weight excluding hydrogens is 424 g/mol. The van der Waals surface area contributed by atoms with Crippen LogP contribution in [0.2, 0.25) is 0 Å². The van der Waals surface area contributed by atoms with Crippen LogP contribution >= 0.6 is 0 Å². The Balaban J connectivity index is 0.000000142. The van der Waals surface area contributed by atoms with Crippen LogP contribution in [0.15, 0.2) is 84.9 Å². The molecule has 34 heavy (non-hydrogen) atoms. The number of H-pyrrole nitrogens is 2. The van der Waals surface area contributed by atoms with Crippen LogP contribution in [0.3, 0.4) is 0 Å². The van der Waals surface area contributed by atoms with E-state index in [4.69, 9.17) is 22.9 Å². The molecule has 0 aliphatic carbocycles. The van der Waals surface area contributed by atoms with Crippen molar-refractivity contribution in [2.75, 3.05) is 22.9 Å². The van der Waals surface area contributed by atoms with Gasteiger partial charge >= 0.3 is 0 Å². The quantitative estimate of drug-likeness (QED) is 0.209. The van der Waals surface area contributed by atoms with Gasteiger partial charge in [-0.3, -0.25) is 0 Å². The van der Waals surface area contributed by atoms with Gasteiger partial charge in [-0.05, 0) is 72.8 Å². The van der Waals surface area contributed by atoms with E-state index in [-0.39, 0.29) is 0 Å². The molecule has 0 bridgehead atoms. The first-order valence-corrected chi connectivity index (χ1v) is 10.7. The summed E-state index contributed by atoms with van der Waals surface area (Å²) >= 11 is 0. The highest BCUT2D eigenvalue weighted by molar-refractivity contribution is 5.83. The monoisotopic (exact) mass is 448 g/mol. The Morgan fingerprint density at radius 2 is 0.971 bits per heavy atom. The lowest BCUT2D eigenvalue weighted by molar-refractivity contribution is 1.34. The molecule has 2 heterocycles. The summed E-state index contributed by atoms with van der Waals surface area (Å²) in [4.78, 5) is 15.5. The summed E-state index contributed by atoms with van der Waals surface area (Å²) < 4.78 is 0. The van der Waals surface area contributed by atoms with E-state index in [1.54, 1.807) is 0 Å². The van der Waals surface area contributed by atoms with Crippen molar-refractivity contribution < 1.29 is 0 Å². The molecule has 0 aliphatic heterocycles. The van der Waals surface area contributed by atoms with Gasteiger partial charge in [0.25, 0.3) is 0 Å². The number of benzene rings is 4. The molecule has 0 aliphatic rings. The highest BCUT2D eigenvalue weighted by Crippen LogP contribution is 2.24. The Bertz CT molecular complexity index is 1600. The standard InChI is InChI=1S/2C13H12N4/c14-9-3-1-8(2-4-9)13-16-11-6-5-10(15)7-12(11)17-13;14-9-3-1-2-8(6-9)13-16-11-5-4-10(15)7-12(11)17-13/h2*1-7H,14-15H2,(H,16,17). The predicted molar refractivity (Wildman–Crippen MR) is 141 cm³/mol. The minimum atomic E-state index is 0.722. The van der Waals surface area contributed by atoms with E-state index in [0.717, 1.165) is 67.6 Å². The normalized spacial score (nSPS) is 10.8. The average molecular weight is 449 g/mol.